The summed E-state index contributed by atoms with van der Waals surface area (Å²) in [5.74, 6) is -0.511. The summed E-state index contributed by atoms with van der Waals surface area (Å²) in [4.78, 5) is 26.4. The Morgan fingerprint density at radius 2 is 1.96 bits per heavy atom. The van der Waals surface area contributed by atoms with E-state index in [9.17, 15) is 9.59 Å². The van der Waals surface area contributed by atoms with Gasteiger partial charge in [0.2, 0.25) is 0 Å². The van der Waals surface area contributed by atoms with E-state index < -0.39 is 0 Å². The first-order chi connectivity index (χ1) is 12.0. The zero-order valence-electron chi connectivity index (χ0n) is 14.9. The molecule has 1 heterocycles. The van der Waals surface area contributed by atoms with Crippen LogP contribution in [0.2, 0.25) is 0 Å². The van der Waals surface area contributed by atoms with Crippen LogP contribution in [0.4, 0.5) is 5.00 Å². The molecule has 0 bridgehead atoms. The van der Waals surface area contributed by atoms with Gasteiger partial charge in [0.15, 0.2) is 0 Å². The van der Waals surface area contributed by atoms with E-state index in [-0.39, 0.29) is 11.9 Å². The van der Waals surface area contributed by atoms with E-state index in [2.05, 4.69) is 5.32 Å². The summed E-state index contributed by atoms with van der Waals surface area (Å²) < 4.78 is 5.24. The number of carbonyl (C=O) groups excluding carboxylic acids is 2. The lowest BCUT2D eigenvalue weighted by Crippen LogP contribution is -2.16. The molecular weight excluding hydrogens is 334 g/mol. The van der Waals surface area contributed by atoms with Crippen molar-refractivity contribution in [2.75, 3.05) is 11.9 Å². The Bertz CT molecular complexity index is 823. The van der Waals surface area contributed by atoms with Gasteiger partial charge < -0.3 is 10.1 Å². The van der Waals surface area contributed by atoms with Crippen molar-refractivity contribution >= 4 is 28.2 Å². The number of benzene rings is 1. The van der Waals surface area contributed by atoms with Crippen LogP contribution in [-0.2, 0) is 17.6 Å². The lowest BCUT2D eigenvalue weighted by atomic mass is 9.95. The molecule has 0 radical (unpaired) electrons. The highest BCUT2D eigenvalue weighted by molar-refractivity contribution is 7.17. The fourth-order valence-electron chi connectivity index (χ4n) is 3.22. The Hall–Kier alpha value is -2.14. The van der Waals surface area contributed by atoms with Gasteiger partial charge >= 0.3 is 5.97 Å². The molecule has 132 valence electrons. The van der Waals surface area contributed by atoms with Crippen LogP contribution in [0.15, 0.2) is 18.2 Å². The number of nitrogens with one attached hydrogen (secondary N) is 1. The predicted molar refractivity (Wildman–Crippen MR) is 101 cm³/mol. The van der Waals surface area contributed by atoms with Gasteiger partial charge in [-0.15, -0.1) is 11.3 Å². The van der Waals surface area contributed by atoms with Crippen molar-refractivity contribution < 1.29 is 14.3 Å². The van der Waals surface area contributed by atoms with E-state index in [1.165, 1.54) is 16.2 Å². The number of amides is 1. The first kappa shape index (κ1) is 17.7. The second-order valence-corrected chi connectivity index (χ2v) is 7.51. The molecule has 3 rings (SSSR count). The highest BCUT2D eigenvalue weighted by Crippen LogP contribution is 2.38. The largest absolute Gasteiger partial charge is 0.462 e. The monoisotopic (exact) mass is 357 g/mol. The van der Waals surface area contributed by atoms with Gasteiger partial charge in [0, 0.05) is 10.4 Å². The number of carbonyl (C=O) groups is 2. The highest BCUT2D eigenvalue weighted by Gasteiger charge is 2.27. The number of anilines is 1. The Morgan fingerprint density at radius 3 is 2.72 bits per heavy atom. The maximum absolute atomic E-state index is 12.8. The molecule has 0 aliphatic heterocycles. The summed E-state index contributed by atoms with van der Waals surface area (Å²) in [6.45, 7) is 6.00. The summed E-state index contributed by atoms with van der Waals surface area (Å²) in [5, 5.41) is 3.59. The molecule has 5 heteroatoms. The number of hydrogen-bond donors (Lipinski definition) is 1. The highest BCUT2D eigenvalue weighted by atomic mass is 32.1. The van der Waals surface area contributed by atoms with E-state index in [4.69, 9.17) is 4.74 Å². The Kier molecular flexibility index (Phi) is 5.23. The van der Waals surface area contributed by atoms with Crippen molar-refractivity contribution in [1.82, 2.24) is 0 Å². The maximum Gasteiger partial charge on any atom is 0.341 e. The standard InChI is InChI=1S/C20H23NO3S/c1-4-24-20(23)17-14-7-5-6-8-16(14)25-19(17)21-18(22)15-11-12(2)9-10-13(15)3/h9-11H,4-8H2,1-3H3,(H,21,22). The summed E-state index contributed by atoms with van der Waals surface area (Å²) in [6, 6.07) is 5.80. The topological polar surface area (TPSA) is 55.4 Å². The second-order valence-electron chi connectivity index (χ2n) is 6.41. The van der Waals surface area contributed by atoms with Crippen molar-refractivity contribution in [2.24, 2.45) is 0 Å². The van der Waals surface area contributed by atoms with Crippen LogP contribution < -0.4 is 5.32 Å². The molecule has 0 unspecified atom stereocenters. The minimum Gasteiger partial charge on any atom is -0.462 e. The number of thiophene rings is 1. The molecule has 0 spiro atoms. The smallest absolute Gasteiger partial charge is 0.341 e. The van der Waals surface area contributed by atoms with Gasteiger partial charge in [-0.1, -0.05) is 17.7 Å². The fraction of sp³-hybridized carbons (Fsp3) is 0.400. The van der Waals surface area contributed by atoms with Gasteiger partial charge in [0.1, 0.15) is 5.00 Å². The zero-order chi connectivity index (χ0) is 18.0. The lowest BCUT2D eigenvalue weighted by molar-refractivity contribution is 0.0526. The third-order valence-electron chi connectivity index (χ3n) is 4.52. The molecule has 1 amide bonds. The first-order valence-corrected chi connectivity index (χ1v) is 9.53. The molecule has 1 aliphatic carbocycles. The number of esters is 1. The van der Waals surface area contributed by atoms with Crippen molar-refractivity contribution in [2.45, 2.75) is 46.5 Å². The molecule has 1 aromatic heterocycles. The van der Waals surface area contributed by atoms with Crippen LogP contribution in [0.1, 0.15) is 62.0 Å². The van der Waals surface area contributed by atoms with Gasteiger partial charge in [0.25, 0.3) is 5.91 Å². The van der Waals surface area contributed by atoms with Crippen LogP contribution >= 0.6 is 11.3 Å². The second kappa shape index (κ2) is 7.40. The first-order valence-electron chi connectivity index (χ1n) is 8.71. The summed E-state index contributed by atoms with van der Waals surface area (Å²) in [6.07, 6.45) is 4.03. The zero-order valence-corrected chi connectivity index (χ0v) is 15.7. The molecule has 0 saturated carbocycles. The SMILES string of the molecule is CCOC(=O)c1c(NC(=O)c2cc(C)ccc2C)sc2c1CCCC2. The number of rotatable bonds is 4. The maximum atomic E-state index is 12.8. The molecule has 1 N–H and O–H groups in total. The van der Waals surface area contributed by atoms with Crippen LogP contribution in [-0.4, -0.2) is 18.5 Å². The average Bonchev–Trinajstić information content (AvgIpc) is 2.95. The molecule has 1 aromatic carbocycles. The van der Waals surface area contributed by atoms with E-state index in [0.29, 0.717) is 22.7 Å². The quantitative estimate of drug-likeness (QED) is 0.809. The van der Waals surface area contributed by atoms with Crippen molar-refractivity contribution in [1.29, 1.82) is 0 Å². The van der Waals surface area contributed by atoms with Crippen molar-refractivity contribution in [3.8, 4) is 0 Å². The van der Waals surface area contributed by atoms with Gasteiger partial charge in [0.05, 0.1) is 12.2 Å². The molecule has 0 fully saturated rings. The molecule has 4 nitrogen and oxygen atoms in total. The third-order valence-corrected chi connectivity index (χ3v) is 5.72. The van der Waals surface area contributed by atoms with E-state index in [1.807, 2.05) is 32.0 Å². The van der Waals surface area contributed by atoms with Gasteiger partial charge in [-0.3, -0.25) is 4.79 Å². The molecule has 0 saturated heterocycles. The number of fused-ring (bicyclic) bond motifs is 1. The van der Waals surface area contributed by atoms with E-state index in [1.54, 1.807) is 6.92 Å². The molecule has 2 aromatic rings. The van der Waals surface area contributed by atoms with E-state index in [0.717, 1.165) is 42.4 Å². The Labute approximate surface area is 152 Å². The summed E-state index contributed by atoms with van der Waals surface area (Å²) >= 11 is 1.52. The van der Waals surface area contributed by atoms with Crippen LogP contribution in [0.3, 0.4) is 0 Å². The van der Waals surface area contributed by atoms with Crippen LogP contribution in [0, 0.1) is 13.8 Å². The van der Waals surface area contributed by atoms with E-state index >= 15 is 0 Å². The Balaban J connectivity index is 1.96. The molecular formula is C20H23NO3S. The summed E-state index contributed by atoms with van der Waals surface area (Å²) in [5.41, 5.74) is 4.21. The van der Waals surface area contributed by atoms with Gasteiger partial charge in [-0.05, 0) is 63.6 Å². The van der Waals surface area contributed by atoms with Crippen LogP contribution in [0.25, 0.3) is 0 Å². The third kappa shape index (κ3) is 3.61. The fourth-order valence-corrected chi connectivity index (χ4v) is 4.50. The van der Waals surface area contributed by atoms with Gasteiger partial charge in [-0.2, -0.15) is 0 Å². The van der Waals surface area contributed by atoms with Gasteiger partial charge in [-0.25, -0.2) is 4.79 Å². The minimum atomic E-state index is -0.335. The molecule has 1 aliphatic rings. The molecule has 25 heavy (non-hydrogen) atoms. The summed E-state index contributed by atoms with van der Waals surface area (Å²) in [7, 11) is 0. The predicted octanol–water partition coefficient (Wildman–Crippen LogP) is 4.67. The average molecular weight is 357 g/mol. The lowest BCUT2D eigenvalue weighted by Gasteiger charge is -2.12. The van der Waals surface area contributed by atoms with Crippen molar-refractivity contribution in [3.63, 3.8) is 0 Å². The number of hydrogen-bond acceptors (Lipinski definition) is 4. The van der Waals surface area contributed by atoms with Crippen LogP contribution in [0.5, 0.6) is 0 Å². The molecule has 0 atom stereocenters. The number of aryl methyl sites for hydroxylation is 3. The number of ether oxygens (including phenoxy) is 1. The minimum absolute atomic E-state index is 0.176. The van der Waals surface area contributed by atoms with Crippen molar-refractivity contribution in [3.05, 3.63) is 50.9 Å². The normalized spacial score (nSPS) is 13.2. The Morgan fingerprint density at radius 1 is 1.20 bits per heavy atom.